The Morgan fingerprint density at radius 1 is 1.50 bits per heavy atom. The molecule has 0 bridgehead atoms. The number of nitrogens with one attached hydrogen (secondary N) is 1. The second-order valence-corrected chi connectivity index (χ2v) is 3.11. The molecule has 0 saturated carbocycles. The average Bonchev–Trinajstić information content (AvgIpc) is 2.39. The maximum atomic E-state index is 13.1. The predicted octanol–water partition coefficient (Wildman–Crippen LogP) is 2.02. The van der Waals surface area contributed by atoms with E-state index in [-0.39, 0.29) is 10.1 Å². The Morgan fingerprint density at radius 3 is 3.00 bits per heavy atom. The van der Waals surface area contributed by atoms with E-state index < -0.39 is 11.6 Å². The van der Waals surface area contributed by atoms with Crippen LogP contribution in [0.4, 0.5) is 4.39 Å². The van der Waals surface area contributed by atoms with Crippen LogP contribution in [0.1, 0.15) is 0 Å². The number of benzene rings is 1. The minimum atomic E-state index is -0.651. The SMILES string of the molecule is O=c1[nH]c2ccc(Br)c(F)c2o1. The van der Waals surface area contributed by atoms with Crippen LogP contribution >= 0.6 is 15.9 Å². The molecule has 0 atom stereocenters. The van der Waals surface area contributed by atoms with Gasteiger partial charge in [0, 0.05) is 0 Å². The lowest BCUT2D eigenvalue weighted by Crippen LogP contribution is -1.92. The summed E-state index contributed by atoms with van der Waals surface area (Å²) in [7, 11) is 0. The van der Waals surface area contributed by atoms with E-state index in [0.717, 1.165) is 0 Å². The largest absolute Gasteiger partial charge is 0.417 e. The smallest absolute Gasteiger partial charge is 0.405 e. The summed E-state index contributed by atoms with van der Waals surface area (Å²) in [4.78, 5) is 13.0. The fourth-order valence-electron chi connectivity index (χ4n) is 0.958. The molecule has 0 amide bonds. The number of H-pyrrole nitrogens is 1. The maximum Gasteiger partial charge on any atom is 0.417 e. The molecule has 1 aromatic heterocycles. The molecular weight excluding hydrogens is 229 g/mol. The zero-order valence-electron chi connectivity index (χ0n) is 5.73. The first kappa shape index (κ1) is 7.54. The van der Waals surface area contributed by atoms with Crippen molar-refractivity contribution in [2.75, 3.05) is 0 Å². The van der Waals surface area contributed by atoms with Gasteiger partial charge in [-0.2, -0.15) is 0 Å². The molecule has 1 N–H and O–H groups in total. The van der Waals surface area contributed by atoms with E-state index in [1.807, 2.05) is 0 Å². The number of hydrogen-bond donors (Lipinski definition) is 1. The lowest BCUT2D eigenvalue weighted by Gasteiger charge is -1.91. The molecule has 0 spiro atoms. The summed E-state index contributed by atoms with van der Waals surface area (Å²) in [6, 6.07) is 3.07. The highest BCUT2D eigenvalue weighted by Gasteiger charge is 2.09. The summed E-state index contributed by atoms with van der Waals surface area (Å²) in [6.45, 7) is 0. The second-order valence-electron chi connectivity index (χ2n) is 2.25. The monoisotopic (exact) mass is 231 g/mol. The number of aromatic amines is 1. The third-order valence-corrected chi connectivity index (χ3v) is 2.09. The minimum absolute atomic E-state index is 0.0469. The first-order chi connectivity index (χ1) is 5.68. The van der Waals surface area contributed by atoms with E-state index in [4.69, 9.17) is 0 Å². The van der Waals surface area contributed by atoms with Gasteiger partial charge in [-0.1, -0.05) is 0 Å². The predicted molar refractivity (Wildman–Crippen MR) is 44.5 cm³/mol. The van der Waals surface area contributed by atoms with Gasteiger partial charge in [0.15, 0.2) is 11.4 Å². The van der Waals surface area contributed by atoms with Gasteiger partial charge >= 0.3 is 5.76 Å². The van der Waals surface area contributed by atoms with Crippen molar-refractivity contribution in [1.29, 1.82) is 0 Å². The van der Waals surface area contributed by atoms with Crippen LogP contribution < -0.4 is 5.76 Å². The molecule has 5 heteroatoms. The molecule has 2 rings (SSSR count). The van der Waals surface area contributed by atoms with Crippen molar-refractivity contribution in [1.82, 2.24) is 4.98 Å². The van der Waals surface area contributed by atoms with E-state index in [0.29, 0.717) is 5.52 Å². The number of hydrogen-bond acceptors (Lipinski definition) is 2. The van der Waals surface area contributed by atoms with Gasteiger partial charge in [-0.3, -0.25) is 4.98 Å². The third kappa shape index (κ3) is 0.972. The van der Waals surface area contributed by atoms with E-state index >= 15 is 0 Å². The Bertz CT molecular complexity index is 488. The van der Waals surface area contributed by atoms with Gasteiger partial charge in [-0.05, 0) is 28.1 Å². The molecule has 0 aliphatic carbocycles. The van der Waals surface area contributed by atoms with Crippen molar-refractivity contribution in [3.05, 3.63) is 33.0 Å². The average molecular weight is 232 g/mol. The fourth-order valence-corrected chi connectivity index (χ4v) is 1.27. The zero-order valence-corrected chi connectivity index (χ0v) is 7.31. The van der Waals surface area contributed by atoms with E-state index in [9.17, 15) is 9.18 Å². The fraction of sp³-hybridized carbons (Fsp3) is 0. The van der Waals surface area contributed by atoms with Crippen molar-refractivity contribution >= 4 is 27.0 Å². The molecule has 12 heavy (non-hydrogen) atoms. The molecular formula is C7H3BrFNO2. The van der Waals surface area contributed by atoms with Crippen molar-refractivity contribution < 1.29 is 8.81 Å². The molecule has 0 saturated heterocycles. The minimum Gasteiger partial charge on any atom is -0.405 e. The van der Waals surface area contributed by atoms with Crippen molar-refractivity contribution in [3.8, 4) is 0 Å². The Labute approximate surface area is 74.3 Å². The molecule has 0 unspecified atom stereocenters. The Hall–Kier alpha value is -1.10. The Kier molecular flexibility index (Phi) is 1.54. The lowest BCUT2D eigenvalue weighted by atomic mass is 10.3. The number of aromatic nitrogens is 1. The Balaban J connectivity index is 2.99. The quantitative estimate of drug-likeness (QED) is 0.755. The molecule has 62 valence electrons. The number of oxazole rings is 1. The van der Waals surface area contributed by atoms with Gasteiger partial charge in [-0.15, -0.1) is 0 Å². The van der Waals surface area contributed by atoms with Gasteiger partial charge in [0.25, 0.3) is 0 Å². The molecule has 3 nitrogen and oxygen atoms in total. The molecule has 0 aliphatic rings. The number of halogens is 2. The van der Waals surface area contributed by atoms with Gasteiger partial charge in [0.05, 0.1) is 9.99 Å². The van der Waals surface area contributed by atoms with Gasteiger partial charge in [-0.25, -0.2) is 9.18 Å². The lowest BCUT2D eigenvalue weighted by molar-refractivity contribution is 0.521. The second kappa shape index (κ2) is 2.45. The molecule has 2 aromatic rings. The summed E-state index contributed by atoms with van der Waals surface area (Å²) >= 11 is 2.97. The first-order valence-electron chi connectivity index (χ1n) is 3.15. The highest BCUT2D eigenvalue weighted by molar-refractivity contribution is 9.10. The Morgan fingerprint density at radius 2 is 2.25 bits per heavy atom. The summed E-state index contributed by atoms with van der Waals surface area (Å²) in [6.07, 6.45) is 0. The van der Waals surface area contributed by atoms with Gasteiger partial charge in [0.2, 0.25) is 0 Å². The molecule has 0 aliphatic heterocycles. The summed E-state index contributed by atoms with van der Waals surface area (Å²) in [5.41, 5.74) is 0.315. The van der Waals surface area contributed by atoms with Crippen LogP contribution in [-0.4, -0.2) is 4.98 Å². The van der Waals surface area contributed by atoms with Crippen LogP contribution in [0.25, 0.3) is 11.1 Å². The highest BCUT2D eigenvalue weighted by atomic mass is 79.9. The van der Waals surface area contributed by atoms with E-state index in [1.165, 1.54) is 6.07 Å². The number of fused-ring (bicyclic) bond motifs is 1. The summed E-state index contributed by atoms with van der Waals surface area (Å²) in [5.74, 6) is -1.21. The van der Waals surface area contributed by atoms with Crippen LogP contribution in [0.2, 0.25) is 0 Å². The van der Waals surface area contributed by atoms with Crippen molar-refractivity contribution in [3.63, 3.8) is 0 Å². The van der Waals surface area contributed by atoms with Crippen LogP contribution in [0.3, 0.4) is 0 Å². The van der Waals surface area contributed by atoms with Crippen LogP contribution in [-0.2, 0) is 0 Å². The summed E-state index contributed by atoms with van der Waals surface area (Å²) < 4.78 is 18.0. The molecule has 0 fully saturated rings. The maximum absolute atomic E-state index is 13.1. The summed E-state index contributed by atoms with van der Waals surface area (Å²) in [5, 5.41) is 0. The normalized spacial score (nSPS) is 10.8. The van der Waals surface area contributed by atoms with Crippen LogP contribution in [0.15, 0.2) is 25.8 Å². The van der Waals surface area contributed by atoms with Crippen LogP contribution in [0.5, 0.6) is 0 Å². The third-order valence-electron chi connectivity index (χ3n) is 1.48. The molecule has 1 heterocycles. The standard InChI is InChI=1S/C7H3BrFNO2/c8-3-1-2-4-6(5(3)9)12-7(11)10-4/h1-2H,(H,10,11). The zero-order chi connectivity index (χ0) is 8.72. The first-order valence-corrected chi connectivity index (χ1v) is 3.94. The topological polar surface area (TPSA) is 46.0 Å². The van der Waals surface area contributed by atoms with E-state index in [2.05, 4.69) is 25.3 Å². The highest BCUT2D eigenvalue weighted by Crippen LogP contribution is 2.22. The number of rotatable bonds is 0. The molecule has 1 aromatic carbocycles. The van der Waals surface area contributed by atoms with Gasteiger partial charge < -0.3 is 4.42 Å². The molecule has 0 radical (unpaired) electrons. The van der Waals surface area contributed by atoms with Crippen molar-refractivity contribution in [2.24, 2.45) is 0 Å². The van der Waals surface area contributed by atoms with Gasteiger partial charge in [0.1, 0.15) is 0 Å². The van der Waals surface area contributed by atoms with Crippen molar-refractivity contribution in [2.45, 2.75) is 0 Å². The van der Waals surface area contributed by atoms with E-state index in [1.54, 1.807) is 6.07 Å². The van der Waals surface area contributed by atoms with Crippen LogP contribution in [0, 0.1) is 5.82 Å².